The summed E-state index contributed by atoms with van der Waals surface area (Å²) >= 11 is 0. The fourth-order valence-corrected chi connectivity index (χ4v) is 6.65. The third-order valence-corrected chi connectivity index (χ3v) is 9.00. The molecule has 270 valence electrons. The van der Waals surface area contributed by atoms with Crippen LogP contribution in [0.5, 0.6) is 28.7 Å². The molecule has 0 aliphatic heterocycles. The van der Waals surface area contributed by atoms with Crippen molar-refractivity contribution < 1.29 is 33.3 Å². The van der Waals surface area contributed by atoms with E-state index in [0.717, 1.165) is 16.7 Å². The van der Waals surface area contributed by atoms with Crippen LogP contribution in [-0.4, -0.2) is 53.4 Å². The van der Waals surface area contributed by atoms with Crippen LogP contribution in [0.3, 0.4) is 0 Å². The molecular formula is C39H51N3O8. The Morgan fingerprint density at radius 1 is 0.820 bits per heavy atom. The number of fused-ring (bicyclic) bond motifs is 3. The molecule has 2 amide bonds. The molecule has 4 rings (SSSR count). The lowest BCUT2D eigenvalue weighted by Crippen LogP contribution is -2.44. The van der Waals surface area contributed by atoms with E-state index in [1.807, 2.05) is 58.0 Å². The van der Waals surface area contributed by atoms with E-state index in [4.69, 9.17) is 23.7 Å². The maximum absolute atomic E-state index is 14.1. The van der Waals surface area contributed by atoms with Gasteiger partial charge in [0.1, 0.15) is 6.04 Å². The van der Waals surface area contributed by atoms with E-state index < -0.39 is 12.1 Å². The smallest absolute Gasteiger partial charge is 0.242 e. The quantitative estimate of drug-likeness (QED) is 0.180. The topological polar surface area (TPSA) is 133 Å². The van der Waals surface area contributed by atoms with Crippen LogP contribution in [0.4, 0.5) is 5.69 Å². The summed E-state index contributed by atoms with van der Waals surface area (Å²) in [5, 5.41) is 9.55. The minimum absolute atomic E-state index is 0.0494. The second-order valence-corrected chi connectivity index (χ2v) is 13.3. The van der Waals surface area contributed by atoms with Crippen molar-refractivity contribution in [1.82, 2.24) is 10.6 Å². The van der Waals surface area contributed by atoms with Crippen molar-refractivity contribution in [2.45, 2.75) is 72.0 Å². The van der Waals surface area contributed by atoms with E-state index in [9.17, 15) is 14.4 Å². The highest BCUT2D eigenvalue weighted by Gasteiger charge is 2.31. The van der Waals surface area contributed by atoms with Crippen molar-refractivity contribution >= 4 is 17.5 Å². The fourth-order valence-electron chi connectivity index (χ4n) is 6.65. The standard InChI is InChI=1S/C39H51N3O8/c1-21(2)17-30(39(45)42-36(22(3)4)25-12-16-32(46-6)33(19-25)47-7)41-29-15-13-26-27(20-31(29)44)28(40-23(5)43)14-11-24-18-34(48-8)37(49-9)38(50-10)35(24)26/h12-13,15-16,18-22,28,30,36H,11,14,17H2,1-10H3,(H,40,43)(H,41,44)(H,42,45)/t28-,30-,36?/m1/s1. The molecule has 1 aliphatic carbocycles. The van der Waals surface area contributed by atoms with Crippen LogP contribution < -0.4 is 45.1 Å². The molecule has 3 atom stereocenters. The molecule has 0 radical (unpaired) electrons. The van der Waals surface area contributed by atoms with Gasteiger partial charge in [-0.2, -0.15) is 0 Å². The van der Waals surface area contributed by atoms with Gasteiger partial charge in [0, 0.05) is 12.5 Å². The highest BCUT2D eigenvalue weighted by molar-refractivity contribution is 5.86. The first-order valence-corrected chi connectivity index (χ1v) is 16.9. The van der Waals surface area contributed by atoms with Gasteiger partial charge in [0.2, 0.25) is 23.0 Å². The van der Waals surface area contributed by atoms with E-state index in [1.54, 1.807) is 47.7 Å². The third kappa shape index (κ3) is 8.26. The van der Waals surface area contributed by atoms with Crippen LogP contribution in [0.1, 0.15) is 76.2 Å². The van der Waals surface area contributed by atoms with Gasteiger partial charge in [0.05, 0.1) is 53.3 Å². The van der Waals surface area contributed by atoms with E-state index in [0.29, 0.717) is 59.1 Å². The first-order chi connectivity index (χ1) is 23.9. The van der Waals surface area contributed by atoms with Crippen molar-refractivity contribution in [2.75, 3.05) is 40.9 Å². The molecule has 0 spiro atoms. The number of rotatable bonds is 14. The summed E-state index contributed by atoms with van der Waals surface area (Å²) in [7, 11) is 7.83. The Balaban J connectivity index is 1.81. The number of methoxy groups -OCH3 is 5. The SMILES string of the molecule is COc1ccc(C(NC(=O)[C@@H](CC(C)C)Nc2ccc3c(cc2=O)[C@H](NC(C)=O)CCc2cc(OC)c(OC)c(OC)c2-3)C(C)C)cc1OC. The predicted octanol–water partition coefficient (Wildman–Crippen LogP) is 6.22. The predicted molar refractivity (Wildman–Crippen MR) is 195 cm³/mol. The molecule has 3 N–H and O–H groups in total. The molecule has 1 unspecified atom stereocenters. The average Bonchev–Trinajstić information content (AvgIpc) is 3.33. The second kappa shape index (κ2) is 16.7. The summed E-state index contributed by atoms with van der Waals surface area (Å²) < 4.78 is 28.2. The highest BCUT2D eigenvalue weighted by atomic mass is 16.5. The number of benzene rings is 2. The van der Waals surface area contributed by atoms with E-state index >= 15 is 0 Å². The summed E-state index contributed by atoms with van der Waals surface area (Å²) in [5.74, 6) is 2.32. The van der Waals surface area contributed by atoms with Gasteiger partial charge in [0.25, 0.3) is 0 Å². The number of amides is 2. The lowest BCUT2D eigenvalue weighted by Gasteiger charge is -2.27. The average molecular weight is 690 g/mol. The molecule has 0 bridgehead atoms. The van der Waals surface area contributed by atoms with Crippen LogP contribution in [0, 0.1) is 11.8 Å². The maximum Gasteiger partial charge on any atom is 0.242 e. The summed E-state index contributed by atoms with van der Waals surface area (Å²) in [4.78, 5) is 40.5. The number of aryl methyl sites for hydroxylation is 1. The van der Waals surface area contributed by atoms with Crippen LogP contribution in [-0.2, 0) is 16.0 Å². The van der Waals surface area contributed by atoms with Crippen molar-refractivity contribution in [1.29, 1.82) is 0 Å². The van der Waals surface area contributed by atoms with Gasteiger partial charge in [-0.05, 0) is 83.7 Å². The Morgan fingerprint density at radius 2 is 1.50 bits per heavy atom. The molecule has 3 aromatic carbocycles. The largest absolute Gasteiger partial charge is 0.493 e. The van der Waals surface area contributed by atoms with E-state index in [-0.39, 0.29) is 40.8 Å². The number of carbonyl (C=O) groups is 2. The van der Waals surface area contributed by atoms with Gasteiger partial charge in [-0.15, -0.1) is 0 Å². The number of anilines is 1. The van der Waals surface area contributed by atoms with Gasteiger partial charge in [-0.25, -0.2) is 0 Å². The number of hydrogen-bond acceptors (Lipinski definition) is 9. The van der Waals surface area contributed by atoms with Crippen LogP contribution in [0.15, 0.2) is 47.3 Å². The molecule has 3 aromatic rings. The lowest BCUT2D eigenvalue weighted by atomic mass is 9.94. The summed E-state index contributed by atoms with van der Waals surface area (Å²) in [6.07, 6.45) is 1.60. The Hall–Kier alpha value is -4.93. The normalized spacial score (nSPS) is 14.8. The Labute approximate surface area is 295 Å². The zero-order valence-electron chi connectivity index (χ0n) is 30.8. The van der Waals surface area contributed by atoms with Gasteiger partial charge >= 0.3 is 0 Å². The number of ether oxygens (including phenoxy) is 5. The zero-order chi connectivity index (χ0) is 36.7. The minimum atomic E-state index is -0.719. The molecule has 0 aromatic heterocycles. The van der Waals surface area contributed by atoms with Crippen LogP contribution in [0.2, 0.25) is 0 Å². The molecule has 0 heterocycles. The van der Waals surface area contributed by atoms with Gasteiger partial charge in [-0.1, -0.05) is 39.8 Å². The Kier molecular flexibility index (Phi) is 12.6. The molecule has 50 heavy (non-hydrogen) atoms. The second-order valence-electron chi connectivity index (χ2n) is 13.3. The van der Waals surface area contributed by atoms with E-state index in [1.165, 1.54) is 6.92 Å². The zero-order valence-corrected chi connectivity index (χ0v) is 30.8. The van der Waals surface area contributed by atoms with Gasteiger partial charge in [0.15, 0.2) is 23.0 Å². The molecule has 11 nitrogen and oxygen atoms in total. The lowest BCUT2D eigenvalue weighted by molar-refractivity contribution is -0.123. The number of hydrogen-bond donors (Lipinski definition) is 3. The fraction of sp³-hybridized carbons (Fsp3) is 0.462. The van der Waals surface area contributed by atoms with Crippen LogP contribution in [0.25, 0.3) is 11.1 Å². The number of nitrogens with one attached hydrogen (secondary N) is 3. The minimum Gasteiger partial charge on any atom is -0.493 e. The molecular weight excluding hydrogens is 638 g/mol. The third-order valence-electron chi connectivity index (χ3n) is 9.00. The van der Waals surface area contributed by atoms with Crippen molar-refractivity contribution in [3.63, 3.8) is 0 Å². The van der Waals surface area contributed by atoms with Crippen molar-refractivity contribution in [3.05, 3.63) is 69.4 Å². The maximum atomic E-state index is 14.1. The first-order valence-electron chi connectivity index (χ1n) is 16.9. The van der Waals surface area contributed by atoms with Crippen LogP contribution >= 0.6 is 0 Å². The molecule has 1 aliphatic rings. The van der Waals surface area contributed by atoms with Crippen molar-refractivity contribution in [3.8, 4) is 39.9 Å². The molecule has 0 saturated heterocycles. The Morgan fingerprint density at radius 3 is 2.08 bits per heavy atom. The molecule has 11 heteroatoms. The van der Waals surface area contributed by atoms with E-state index in [2.05, 4.69) is 16.0 Å². The first kappa shape index (κ1) is 37.9. The van der Waals surface area contributed by atoms with Crippen molar-refractivity contribution in [2.24, 2.45) is 11.8 Å². The summed E-state index contributed by atoms with van der Waals surface area (Å²) in [5.41, 5.74) is 3.84. The number of carbonyl (C=O) groups excluding carboxylic acids is 2. The molecule has 0 fully saturated rings. The molecule has 0 saturated carbocycles. The summed E-state index contributed by atoms with van der Waals surface area (Å²) in [6, 6.07) is 11.1. The summed E-state index contributed by atoms with van der Waals surface area (Å²) in [6.45, 7) is 9.60. The highest BCUT2D eigenvalue weighted by Crippen LogP contribution is 2.50. The van der Waals surface area contributed by atoms with Gasteiger partial charge < -0.3 is 39.6 Å². The Bertz CT molecular complexity index is 1760. The monoisotopic (exact) mass is 689 g/mol. The van der Waals surface area contributed by atoms with Gasteiger partial charge in [-0.3, -0.25) is 14.4 Å².